The van der Waals surface area contributed by atoms with Gasteiger partial charge in [0.2, 0.25) is 11.8 Å². The fraction of sp³-hybridized carbons (Fsp3) is 0.188. The molecule has 0 spiro atoms. The maximum Gasteiger partial charge on any atom is 0.279 e. The molecular formula is C32H24I2N4O4. The van der Waals surface area contributed by atoms with Crippen LogP contribution in [0.2, 0.25) is 0 Å². The highest BCUT2D eigenvalue weighted by Crippen LogP contribution is 2.40. The van der Waals surface area contributed by atoms with Gasteiger partial charge in [-0.1, -0.05) is 52.0 Å². The Balaban J connectivity index is 1.53. The van der Waals surface area contributed by atoms with E-state index < -0.39 is 11.8 Å². The predicted molar refractivity (Wildman–Crippen MR) is 177 cm³/mol. The monoisotopic (exact) mass is 782 g/mol. The fourth-order valence-corrected chi connectivity index (χ4v) is 7.21. The zero-order valence-corrected chi connectivity index (χ0v) is 27.3. The molecule has 2 N–H and O–H groups in total. The van der Waals surface area contributed by atoms with E-state index in [4.69, 9.17) is 0 Å². The van der Waals surface area contributed by atoms with Crippen LogP contribution in [-0.2, 0) is 9.59 Å². The molecule has 10 heteroatoms. The van der Waals surface area contributed by atoms with Gasteiger partial charge < -0.3 is 10.2 Å². The van der Waals surface area contributed by atoms with E-state index in [0.29, 0.717) is 60.2 Å². The second-order valence-corrected chi connectivity index (χ2v) is 13.2. The predicted octanol–water partition coefficient (Wildman–Crippen LogP) is 4.37. The SMILES string of the molecule is CC(C)c1ccc2c(c1)=NC(=O)C=2c1c(O)n(I)c2cc3c(cc12)=NC(=O)C=3c1c(O)n(I)c2cc(C(C)C)ccc12. The van der Waals surface area contributed by atoms with Gasteiger partial charge in [-0.3, -0.25) is 15.2 Å². The summed E-state index contributed by atoms with van der Waals surface area (Å²) < 4.78 is 3.23. The summed E-state index contributed by atoms with van der Waals surface area (Å²) in [5, 5.41) is 26.1. The number of carbonyl (C=O) groups excluding carboxylic acids is 2. The van der Waals surface area contributed by atoms with E-state index in [1.165, 1.54) is 0 Å². The van der Waals surface area contributed by atoms with Crippen LogP contribution in [0, 0.1) is 0 Å². The second kappa shape index (κ2) is 9.49. The molecule has 8 nitrogen and oxygen atoms in total. The van der Waals surface area contributed by atoms with Gasteiger partial charge in [-0.15, -0.1) is 0 Å². The molecule has 0 saturated carbocycles. The smallest absolute Gasteiger partial charge is 0.279 e. The molecule has 42 heavy (non-hydrogen) atoms. The van der Waals surface area contributed by atoms with E-state index in [2.05, 4.69) is 37.7 Å². The van der Waals surface area contributed by atoms with Crippen LogP contribution in [0.15, 0.2) is 58.5 Å². The molecular weight excluding hydrogens is 758 g/mol. The lowest BCUT2D eigenvalue weighted by molar-refractivity contribution is -0.113. The highest BCUT2D eigenvalue weighted by Gasteiger charge is 2.31. The van der Waals surface area contributed by atoms with Crippen molar-refractivity contribution in [3.63, 3.8) is 0 Å². The Bertz CT molecular complexity index is 2350. The van der Waals surface area contributed by atoms with E-state index in [1.54, 1.807) is 17.7 Å². The largest absolute Gasteiger partial charge is 0.493 e. The van der Waals surface area contributed by atoms with Gasteiger partial charge in [0.1, 0.15) is 0 Å². The molecule has 0 fully saturated rings. The molecule has 4 heterocycles. The van der Waals surface area contributed by atoms with E-state index in [1.807, 2.05) is 82.1 Å². The van der Waals surface area contributed by atoms with Crippen LogP contribution in [0.3, 0.4) is 0 Å². The van der Waals surface area contributed by atoms with Crippen molar-refractivity contribution in [3.8, 4) is 11.8 Å². The summed E-state index contributed by atoms with van der Waals surface area (Å²) in [6, 6.07) is 15.3. The average molecular weight is 782 g/mol. The average Bonchev–Trinajstić information content (AvgIpc) is 3.60. The minimum Gasteiger partial charge on any atom is -0.493 e. The molecule has 7 rings (SSSR count). The summed E-state index contributed by atoms with van der Waals surface area (Å²) in [4.78, 5) is 35.3. The number of amides is 2. The lowest BCUT2D eigenvalue weighted by Crippen LogP contribution is -2.24. The Labute approximate surface area is 267 Å². The Morgan fingerprint density at radius 1 is 0.643 bits per heavy atom. The number of benzene rings is 3. The standard InChI is InChI=1S/C32H24I2N4O4/c1-13(2)15-5-7-17-21(9-15)35-29(39)25(17)28-20-11-22-19(12-24(20)38(34)32(28)42)26(30(40)36-22)27-18-8-6-16(14(3)4)10-23(18)37(33)31(27)41/h5-14,41-42H,1-4H3. The molecule has 0 radical (unpaired) electrons. The van der Waals surface area contributed by atoms with Gasteiger partial charge in [-0.2, -0.15) is 0 Å². The summed E-state index contributed by atoms with van der Waals surface area (Å²) in [5.41, 5.74) is 5.00. The van der Waals surface area contributed by atoms with E-state index in [-0.39, 0.29) is 17.7 Å². The van der Waals surface area contributed by atoms with E-state index >= 15 is 0 Å². The molecule has 0 aliphatic carbocycles. The molecule has 0 saturated heterocycles. The minimum atomic E-state index is -0.457. The number of fused-ring (bicyclic) bond motifs is 4. The first-order valence-electron chi connectivity index (χ1n) is 13.5. The Morgan fingerprint density at radius 3 is 1.76 bits per heavy atom. The van der Waals surface area contributed by atoms with Crippen molar-refractivity contribution in [2.24, 2.45) is 9.98 Å². The Morgan fingerprint density at radius 2 is 1.14 bits per heavy atom. The van der Waals surface area contributed by atoms with Crippen molar-refractivity contribution in [1.82, 2.24) is 5.56 Å². The number of carbonyl (C=O) groups is 2. The molecule has 2 aliphatic rings. The van der Waals surface area contributed by atoms with Crippen molar-refractivity contribution in [1.29, 1.82) is 0 Å². The molecule has 2 aromatic heterocycles. The van der Waals surface area contributed by atoms with E-state index in [9.17, 15) is 19.8 Å². The second-order valence-electron chi connectivity index (χ2n) is 11.3. The fourth-order valence-electron chi connectivity index (χ4n) is 5.93. The summed E-state index contributed by atoms with van der Waals surface area (Å²) in [7, 11) is 0. The summed E-state index contributed by atoms with van der Waals surface area (Å²) >= 11 is 4.03. The number of halogens is 2. The van der Waals surface area contributed by atoms with Crippen molar-refractivity contribution >= 4 is 90.5 Å². The van der Waals surface area contributed by atoms with Crippen LogP contribution in [0.1, 0.15) is 61.8 Å². The van der Waals surface area contributed by atoms with Gasteiger partial charge >= 0.3 is 0 Å². The lowest BCUT2D eigenvalue weighted by atomic mass is 9.97. The first kappa shape index (κ1) is 27.3. The molecule has 0 unspecified atom stereocenters. The minimum absolute atomic E-state index is 0.0301. The maximum atomic E-state index is 13.4. The zero-order chi connectivity index (χ0) is 29.8. The van der Waals surface area contributed by atoms with Gasteiger partial charge in [0.05, 0.1) is 89.8 Å². The first-order valence-corrected chi connectivity index (χ1v) is 15.4. The summed E-state index contributed by atoms with van der Waals surface area (Å²) in [6.07, 6.45) is 0. The number of nitrogens with zero attached hydrogens (tertiary/aromatic N) is 4. The molecule has 0 bridgehead atoms. The highest BCUT2D eigenvalue weighted by molar-refractivity contribution is 14.1. The van der Waals surface area contributed by atoms with Crippen LogP contribution in [0.5, 0.6) is 11.8 Å². The van der Waals surface area contributed by atoms with Crippen molar-refractivity contribution in [3.05, 3.63) is 91.9 Å². The van der Waals surface area contributed by atoms with Crippen molar-refractivity contribution < 1.29 is 19.8 Å². The third-order valence-corrected chi connectivity index (χ3v) is 10.1. The number of hydrogen-bond acceptors (Lipinski definition) is 4. The van der Waals surface area contributed by atoms with Gasteiger partial charge in [0.15, 0.2) is 0 Å². The van der Waals surface area contributed by atoms with Crippen molar-refractivity contribution in [2.45, 2.75) is 39.5 Å². The van der Waals surface area contributed by atoms with Crippen LogP contribution in [0.25, 0.3) is 33.0 Å². The van der Waals surface area contributed by atoms with Gasteiger partial charge in [-0.05, 0) is 47.2 Å². The van der Waals surface area contributed by atoms with Crippen LogP contribution in [0.4, 0.5) is 0 Å². The normalized spacial score (nSPS) is 14.5. The molecule has 210 valence electrons. The summed E-state index contributed by atoms with van der Waals surface area (Å²) in [5.74, 6) is -0.421. The third kappa shape index (κ3) is 3.76. The quantitative estimate of drug-likeness (QED) is 0.264. The van der Waals surface area contributed by atoms with Gasteiger partial charge in [-0.25, -0.2) is 9.98 Å². The molecule has 2 amide bonds. The van der Waals surface area contributed by atoms with Crippen LogP contribution in [-0.4, -0.2) is 27.6 Å². The molecule has 0 atom stereocenters. The van der Waals surface area contributed by atoms with Gasteiger partial charge in [0.25, 0.3) is 11.8 Å². The number of aromatic hydroxyl groups is 2. The first-order chi connectivity index (χ1) is 20.0. The number of aromatic nitrogens is 2. The van der Waals surface area contributed by atoms with E-state index in [0.717, 1.165) is 22.0 Å². The Kier molecular flexibility index (Phi) is 6.18. The van der Waals surface area contributed by atoms with Gasteiger partial charge in [0, 0.05) is 21.2 Å². The lowest BCUT2D eigenvalue weighted by Gasteiger charge is -2.05. The van der Waals surface area contributed by atoms with Crippen LogP contribution < -0.4 is 21.2 Å². The van der Waals surface area contributed by atoms with Crippen molar-refractivity contribution in [2.75, 3.05) is 0 Å². The molecule has 2 aliphatic heterocycles. The third-order valence-electron chi connectivity index (χ3n) is 8.18. The maximum absolute atomic E-state index is 13.4. The topological polar surface area (TPSA) is 109 Å². The van der Waals surface area contributed by atoms with Crippen LogP contribution >= 0.6 is 45.7 Å². The summed E-state index contributed by atoms with van der Waals surface area (Å²) in [6.45, 7) is 8.37. The molecule has 3 aromatic carbocycles. The highest BCUT2D eigenvalue weighted by atomic mass is 127. The zero-order valence-electron chi connectivity index (χ0n) is 23.0. The number of rotatable bonds is 4. The Hall–Kier alpha value is -3.52. The molecule has 5 aromatic rings. The number of hydrogen-bond donors (Lipinski definition) is 2.